The van der Waals surface area contributed by atoms with Crippen LogP contribution in [0.15, 0.2) is 36.7 Å². The third kappa shape index (κ3) is 2.36. The van der Waals surface area contributed by atoms with Crippen LogP contribution < -0.4 is 0 Å². The third-order valence-electron chi connectivity index (χ3n) is 3.26. The average Bonchev–Trinajstić information content (AvgIpc) is 3.31. The first kappa shape index (κ1) is 14.2. The Hall–Kier alpha value is -2.44. The molecule has 4 aromatic rings. The normalized spacial score (nSPS) is 10.5. The highest BCUT2D eigenvalue weighted by Crippen LogP contribution is 2.45. The van der Waals surface area contributed by atoms with E-state index < -0.39 is 0 Å². The number of aromatic nitrogens is 2. The van der Waals surface area contributed by atoms with E-state index in [1.807, 2.05) is 24.3 Å². The summed E-state index contributed by atoms with van der Waals surface area (Å²) in [6.07, 6.45) is 16.2. The molecule has 0 aliphatic carbocycles. The fraction of sp³-hybridized carbons (Fsp3) is 0. The number of nitrogens with zero attached hydrogens (tertiary/aromatic N) is 2. The smallest absolute Gasteiger partial charge is 0.109 e. The molecule has 0 saturated heterocycles. The summed E-state index contributed by atoms with van der Waals surface area (Å²) in [5.74, 6) is 5.11. The number of terminal acetylenes is 1. The Morgan fingerprint density at radius 1 is 0.826 bits per heavy atom. The van der Waals surface area contributed by atoms with Crippen LogP contribution in [0.4, 0.5) is 0 Å². The molecule has 1 radical (unpaired) electrons. The predicted octanol–water partition coefficient (Wildman–Crippen LogP) is 5.07. The van der Waals surface area contributed by atoms with Gasteiger partial charge in [0.1, 0.15) is 11.0 Å². The van der Waals surface area contributed by atoms with E-state index >= 15 is 0 Å². The summed E-state index contributed by atoms with van der Waals surface area (Å²) < 4.78 is 0. The minimum Gasteiger partial charge on any atom is -0.251 e. The van der Waals surface area contributed by atoms with Gasteiger partial charge in [0.05, 0.1) is 19.5 Å². The van der Waals surface area contributed by atoms with E-state index in [1.165, 1.54) is 11.3 Å². The topological polar surface area (TPSA) is 25.8 Å². The van der Waals surface area contributed by atoms with E-state index in [0.717, 1.165) is 40.3 Å². The zero-order valence-corrected chi connectivity index (χ0v) is 14.1. The zero-order valence-electron chi connectivity index (χ0n) is 11.7. The molecule has 0 atom stereocenters. The lowest BCUT2D eigenvalue weighted by Crippen LogP contribution is -1.79. The van der Waals surface area contributed by atoms with E-state index in [0.29, 0.717) is 0 Å². The van der Waals surface area contributed by atoms with Crippen LogP contribution in [0, 0.1) is 24.7 Å². The minimum absolute atomic E-state index is 0.803. The summed E-state index contributed by atoms with van der Waals surface area (Å²) in [6, 6.07) is 7.90. The van der Waals surface area contributed by atoms with Gasteiger partial charge < -0.3 is 0 Å². The molecule has 4 rings (SSSR count). The highest BCUT2D eigenvalue weighted by atomic mass is 32.1. The van der Waals surface area contributed by atoms with Crippen LogP contribution >= 0.6 is 34.0 Å². The lowest BCUT2D eigenvalue weighted by Gasteiger charge is -1.92. The fourth-order valence-electron chi connectivity index (χ4n) is 2.27. The molecule has 0 unspecified atom stereocenters. The van der Waals surface area contributed by atoms with Gasteiger partial charge in [-0.1, -0.05) is 5.92 Å². The Balaban J connectivity index is 1.96. The number of hydrogen-bond donors (Lipinski definition) is 0. The maximum Gasteiger partial charge on any atom is 0.109 e. The van der Waals surface area contributed by atoms with Gasteiger partial charge in [0, 0.05) is 22.1 Å². The number of hydrogen-bond acceptors (Lipinski definition) is 5. The number of fused-ring (bicyclic) bond motifs is 1. The Morgan fingerprint density at radius 2 is 1.39 bits per heavy atom. The standard InChI is InChI=1S/C18H7N2S3/c1-3-11-5-7-13(21-11)17-15-16(20-10-9-19-15)18(23-17)14-8-6-12(4-2)22-14/h1,5-10H. The molecule has 23 heavy (non-hydrogen) atoms. The molecule has 4 heterocycles. The Morgan fingerprint density at radius 3 is 1.87 bits per heavy atom. The lowest BCUT2D eigenvalue weighted by molar-refractivity contribution is 1.31. The van der Waals surface area contributed by atoms with E-state index in [1.54, 1.807) is 35.1 Å². The van der Waals surface area contributed by atoms with E-state index in [-0.39, 0.29) is 0 Å². The summed E-state index contributed by atoms with van der Waals surface area (Å²) in [5.41, 5.74) is 1.79. The molecule has 0 aliphatic rings. The van der Waals surface area contributed by atoms with Crippen LogP contribution in [0.25, 0.3) is 30.5 Å². The Labute approximate surface area is 145 Å². The summed E-state index contributed by atoms with van der Waals surface area (Å²) in [4.78, 5) is 15.1. The molecule has 0 N–H and O–H groups in total. The van der Waals surface area contributed by atoms with Gasteiger partial charge >= 0.3 is 0 Å². The molecule has 0 amide bonds. The van der Waals surface area contributed by atoms with Gasteiger partial charge in [-0.25, -0.2) is 0 Å². The second-order valence-corrected chi connectivity index (χ2v) is 7.80. The van der Waals surface area contributed by atoms with Crippen LogP contribution in [0.5, 0.6) is 0 Å². The van der Waals surface area contributed by atoms with Crippen LogP contribution in [0.2, 0.25) is 0 Å². The van der Waals surface area contributed by atoms with E-state index in [9.17, 15) is 0 Å². The lowest BCUT2D eigenvalue weighted by atomic mass is 10.3. The first-order chi connectivity index (χ1) is 11.3. The van der Waals surface area contributed by atoms with Crippen molar-refractivity contribution >= 4 is 45.0 Å². The van der Waals surface area contributed by atoms with Crippen molar-refractivity contribution in [3.63, 3.8) is 0 Å². The molecule has 4 aromatic heterocycles. The molecule has 0 aliphatic heterocycles. The second kappa shape index (κ2) is 5.64. The van der Waals surface area contributed by atoms with Crippen molar-refractivity contribution in [3.8, 4) is 37.8 Å². The number of rotatable bonds is 2. The average molecular weight is 347 g/mol. The van der Waals surface area contributed by atoms with Crippen molar-refractivity contribution in [3.05, 3.63) is 52.8 Å². The second-order valence-electron chi connectivity index (χ2n) is 4.61. The predicted molar refractivity (Wildman–Crippen MR) is 98.2 cm³/mol. The summed E-state index contributed by atoms with van der Waals surface area (Å²) in [7, 11) is 0. The maximum absolute atomic E-state index is 7.26. The minimum atomic E-state index is 0.803. The van der Waals surface area contributed by atoms with Crippen LogP contribution in [-0.2, 0) is 0 Å². The van der Waals surface area contributed by atoms with Gasteiger partial charge in [-0.2, -0.15) is 0 Å². The van der Waals surface area contributed by atoms with Crippen LogP contribution in [0.1, 0.15) is 9.75 Å². The van der Waals surface area contributed by atoms with Crippen molar-refractivity contribution in [2.24, 2.45) is 0 Å². The SMILES string of the molecule is [C]#Cc1ccc(-c2sc(-c3ccc(C#C)s3)c3nccnc23)s1. The van der Waals surface area contributed by atoms with E-state index in [2.05, 4.69) is 21.8 Å². The molecule has 0 fully saturated rings. The zero-order chi connectivity index (χ0) is 15.8. The summed E-state index contributed by atoms with van der Waals surface area (Å²) in [5, 5.41) is 0. The monoisotopic (exact) mass is 347 g/mol. The van der Waals surface area contributed by atoms with E-state index in [4.69, 9.17) is 12.8 Å². The van der Waals surface area contributed by atoms with Gasteiger partial charge in [0.25, 0.3) is 0 Å². The van der Waals surface area contributed by atoms with Crippen molar-refractivity contribution < 1.29 is 0 Å². The molecule has 0 spiro atoms. The molecule has 2 nitrogen and oxygen atoms in total. The largest absolute Gasteiger partial charge is 0.251 e. The first-order valence-corrected chi connectivity index (χ1v) is 9.08. The Bertz CT molecular complexity index is 1010. The van der Waals surface area contributed by atoms with Crippen molar-refractivity contribution in [1.82, 2.24) is 9.97 Å². The van der Waals surface area contributed by atoms with Gasteiger partial charge in [-0.05, 0) is 36.6 Å². The van der Waals surface area contributed by atoms with Crippen LogP contribution in [-0.4, -0.2) is 9.97 Å². The van der Waals surface area contributed by atoms with Crippen molar-refractivity contribution in [2.75, 3.05) is 0 Å². The third-order valence-corrected chi connectivity index (χ3v) is 6.80. The molecular weight excluding hydrogens is 340 g/mol. The number of thiophene rings is 3. The first-order valence-electron chi connectivity index (χ1n) is 6.63. The molecule has 107 valence electrons. The molecule has 0 bridgehead atoms. The summed E-state index contributed by atoms with van der Waals surface area (Å²) in [6.45, 7) is 0. The highest BCUT2D eigenvalue weighted by Gasteiger charge is 2.18. The van der Waals surface area contributed by atoms with Gasteiger partial charge in [0.2, 0.25) is 0 Å². The maximum atomic E-state index is 7.26. The van der Waals surface area contributed by atoms with Crippen LogP contribution in [0.3, 0.4) is 0 Å². The van der Waals surface area contributed by atoms with Crippen molar-refractivity contribution in [1.29, 1.82) is 0 Å². The molecule has 5 heteroatoms. The van der Waals surface area contributed by atoms with Crippen molar-refractivity contribution in [2.45, 2.75) is 0 Å². The Kier molecular flexibility index (Phi) is 3.48. The van der Waals surface area contributed by atoms with Gasteiger partial charge in [0.15, 0.2) is 0 Å². The van der Waals surface area contributed by atoms with Gasteiger partial charge in [-0.3, -0.25) is 9.97 Å². The quantitative estimate of drug-likeness (QED) is 0.473. The molecule has 0 aromatic carbocycles. The van der Waals surface area contributed by atoms with Gasteiger partial charge in [-0.15, -0.1) is 40.4 Å². The molecule has 0 saturated carbocycles. The highest BCUT2D eigenvalue weighted by molar-refractivity contribution is 7.28. The molecular formula is C18H7N2S3. The summed E-state index contributed by atoms with van der Waals surface area (Å²) >= 11 is 4.79. The fourth-order valence-corrected chi connectivity index (χ4v) is 5.31.